The molecule has 2 aromatic rings. The molecule has 0 amide bonds. The minimum absolute atomic E-state index is 0.0821. The van der Waals surface area contributed by atoms with E-state index in [9.17, 15) is 34.0 Å². The molecule has 1 fully saturated rings. The van der Waals surface area contributed by atoms with Crippen molar-refractivity contribution in [3.05, 3.63) is 12.7 Å². The summed E-state index contributed by atoms with van der Waals surface area (Å²) in [6, 6.07) is 0. The zero-order valence-corrected chi connectivity index (χ0v) is 15.2. The number of aliphatic hydroxyl groups excluding tert-OH is 2. The fourth-order valence-corrected chi connectivity index (χ4v) is 4.99. The molecular formula is C11H14N5O9P2-3. The van der Waals surface area contributed by atoms with Crippen LogP contribution in [0.4, 0.5) is 5.82 Å². The molecule has 3 rings (SSSR count). The number of imidazole rings is 1. The second-order valence-corrected chi connectivity index (χ2v) is 9.62. The van der Waals surface area contributed by atoms with Crippen LogP contribution < -0.4 is 20.4 Å². The molecule has 0 saturated carbocycles. The van der Waals surface area contributed by atoms with Gasteiger partial charge in [0.1, 0.15) is 37.8 Å². The van der Waals surface area contributed by atoms with E-state index < -0.39 is 52.2 Å². The van der Waals surface area contributed by atoms with Gasteiger partial charge in [0.05, 0.1) is 12.9 Å². The van der Waals surface area contributed by atoms with Gasteiger partial charge in [-0.15, -0.1) is 0 Å². The molecule has 27 heavy (non-hydrogen) atoms. The Bertz CT molecular complexity index is 932. The summed E-state index contributed by atoms with van der Waals surface area (Å²) in [5, 5.41) is 20.3. The predicted octanol–water partition coefficient (Wildman–Crippen LogP) is -3.53. The average Bonchev–Trinajstić information content (AvgIpc) is 3.07. The second kappa shape index (κ2) is 7.17. The molecule has 0 aliphatic carbocycles. The number of rotatable bonds is 6. The van der Waals surface area contributed by atoms with Crippen LogP contribution in [0, 0.1) is 0 Å². The molecule has 150 valence electrons. The summed E-state index contributed by atoms with van der Waals surface area (Å²) >= 11 is 0. The van der Waals surface area contributed by atoms with E-state index in [4.69, 9.17) is 10.5 Å². The molecule has 0 radical (unpaired) electrons. The van der Waals surface area contributed by atoms with Crippen LogP contribution in [-0.2, 0) is 18.4 Å². The Kier molecular flexibility index (Phi) is 5.38. The highest BCUT2D eigenvalue weighted by Gasteiger charge is 2.44. The lowest BCUT2D eigenvalue weighted by Gasteiger charge is -2.36. The highest BCUT2D eigenvalue weighted by molar-refractivity contribution is 7.67. The first-order valence-corrected chi connectivity index (χ1v) is 10.8. The highest BCUT2D eigenvalue weighted by Crippen LogP contribution is 2.48. The standard InChI is InChI=1S/C11H17N5O9P2/c12-9-6-10(14-2-13-9)16(3-15-6)11-8(18)7(17)5(25-11)1-24-27(22,23)4-26(19,20)21/h2-3,5,7-8,11,17-18H,1,4H2,(H,22,23)(H2,12,13,14)(H2,19,20,21)/p-3/t5-,7?,8?,11-/m0/s1. The molecule has 3 unspecified atom stereocenters. The molecule has 2 aromatic heterocycles. The summed E-state index contributed by atoms with van der Waals surface area (Å²) in [5.74, 6) is -1.63. The van der Waals surface area contributed by atoms with Gasteiger partial charge < -0.3 is 49.0 Å². The zero-order chi connectivity index (χ0) is 20.0. The predicted molar refractivity (Wildman–Crippen MR) is 81.7 cm³/mol. The van der Waals surface area contributed by atoms with Gasteiger partial charge in [-0.3, -0.25) is 4.57 Å². The summed E-state index contributed by atoms with van der Waals surface area (Å²) in [4.78, 5) is 44.4. The zero-order valence-electron chi connectivity index (χ0n) is 13.4. The van der Waals surface area contributed by atoms with Crippen molar-refractivity contribution in [3.63, 3.8) is 0 Å². The Hall–Kier alpha value is -1.47. The molecule has 1 saturated heterocycles. The minimum atomic E-state index is -5.35. The number of aliphatic hydroxyl groups is 2. The lowest BCUT2D eigenvalue weighted by atomic mass is 10.1. The second-order valence-electron chi connectivity index (χ2n) is 5.79. The Morgan fingerprint density at radius 3 is 2.59 bits per heavy atom. The van der Waals surface area contributed by atoms with Crippen molar-refractivity contribution >= 4 is 32.2 Å². The first-order valence-electron chi connectivity index (χ1n) is 7.39. The smallest absolute Gasteiger partial charge is 0.167 e. The van der Waals surface area contributed by atoms with Gasteiger partial charge in [0.15, 0.2) is 17.7 Å². The SMILES string of the molecule is Nc1ncnc2c1ncn2[C@H]1O[C@@H](COP(=O)([O-])CP(=O)([O-])[O-])C(O)C1O. The molecule has 3 heterocycles. The van der Waals surface area contributed by atoms with Crippen molar-refractivity contribution in [1.29, 1.82) is 0 Å². The Morgan fingerprint density at radius 1 is 1.22 bits per heavy atom. The van der Waals surface area contributed by atoms with Crippen molar-refractivity contribution in [2.75, 3.05) is 18.2 Å². The molecule has 0 spiro atoms. The maximum Gasteiger partial charge on any atom is 0.167 e. The number of hydrogen-bond donors (Lipinski definition) is 3. The van der Waals surface area contributed by atoms with Crippen molar-refractivity contribution in [1.82, 2.24) is 19.5 Å². The van der Waals surface area contributed by atoms with Gasteiger partial charge in [-0.25, -0.2) is 15.0 Å². The van der Waals surface area contributed by atoms with Crippen LogP contribution >= 0.6 is 15.2 Å². The third kappa shape index (κ3) is 4.35. The maximum absolute atomic E-state index is 11.5. The number of hydrogen-bond acceptors (Lipinski definition) is 13. The normalized spacial score (nSPS) is 28.5. The summed E-state index contributed by atoms with van der Waals surface area (Å²) in [7, 11) is -10.4. The van der Waals surface area contributed by atoms with E-state index in [-0.39, 0.29) is 17.0 Å². The fourth-order valence-electron chi connectivity index (χ4n) is 2.59. The lowest BCUT2D eigenvalue weighted by Crippen LogP contribution is -2.34. The molecule has 0 bridgehead atoms. The topological polar surface area (TPSA) is 232 Å². The van der Waals surface area contributed by atoms with E-state index in [0.29, 0.717) is 0 Å². The molecule has 14 nitrogen and oxygen atoms in total. The first-order chi connectivity index (χ1) is 12.5. The number of nitrogens with zero attached hydrogens (tertiary/aromatic N) is 4. The Morgan fingerprint density at radius 2 is 1.93 bits per heavy atom. The monoisotopic (exact) mass is 422 g/mol. The molecule has 4 N–H and O–H groups in total. The van der Waals surface area contributed by atoms with E-state index >= 15 is 0 Å². The van der Waals surface area contributed by atoms with Gasteiger partial charge in [0.2, 0.25) is 0 Å². The molecule has 0 aromatic carbocycles. The number of fused-ring (bicyclic) bond motifs is 1. The first kappa shape index (κ1) is 20.3. The number of aromatic nitrogens is 4. The largest absolute Gasteiger partial charge is 0.810 e. The van der Waals surface area contributed by atoms with E-state index in [1.807, 2.05) is 0 Å². The van der Waals surface area contributed by atoms with E-state index in [2.05, 4.69) is 19.5 Å². The fraction of sp³-hybridized carbons (Fsp3) is 0.545. The molecule has 5 atom stereocenters. The summed E-state index contributed by atoms with van der Waals surface area (Å²) < 4.78 is 33.2. The van der Waals surface area contributed by atoms with Crippen molar-refractivity contribution in [2.24, 2.45) is 0 Å². The van der Waals surface area contributed by atoms with Crippen molar-refractivity contribution < 1.29 is 43.3 Å². The molecule has 16 heteroatoms. The van der Waals surface area contributed by atoms with Gasteiger partial charge in [-0.1, -0.05) is 7.60 Å². The van der Waals surface area contributed by atoms with Crippen LogP contribution in [0.1, 0.15) is 6.23 Å². The summed E-state index contributed by atoms with van der Waals surface area (Å²) in [5.41, 5.74) is 6.10. The van der Waals surface area contributed by atoms with E-state index in [0.717, 1.165) is 6.33 Å². The molecular weight excluding hydrogens is 408 g/mol. The van der Waals surface area contributed by atoms with Crippen molar-refractivity contribution in [3.8, 4) is 0 Å². The minimum Gasteiger partial charge on any atom is -0.810 e. The van der Waals surface area contributed by atoms with Gasteiger partial charge in [-0.2, -0.15) is 0 Å². The molecule has 1 aliphatic rings. The van der Waals surface area contributed by atoms with Crippen LogP contribution in [0.15, 0.2) is 12.7 Å². The van der Waals surface area contributed by atoms with E-state index in [1.165, 1.54) is 10.9 Å². The Balaban J connectivity index is 1.75. The van der Waals surface area contributed by atoms with Crippen LogP contribution in [0.5, 0.6) is 0 Å². The number of anilines is 1. The highest BCUT2D eigenvalue weighted by atomic mass is 31.2. The summed E-state index contributed by atoms with van der Waals surface area (Å²) in [6.45, 7) is -0.806. The Labute approximate surface area is 151 Å². The number of nitrogen functional groups attached to an aromatic ring is 1. The van der Waals surface area contributed by atoms with Crippen LogP contribution in [-0.4, -0.2) is 60.6 Å². The van der Waals surface area contributed by atoms with Crippen LogP contribution in [0.2, 0.25) is 0 Å². The maximum atomic E-state index is 11.5. The van der Waals surface area contributed by atoms with E-state index in [1.54, 1.807) is 0 Å². The molecule has 1 aliphatic heterocycles. The summed E-state index contributed by atoms with van der Waals surface area (Å²) in [6.07, 6.45) is -3.22. The van der Waals surface area contributed by atoms with Crippen molar-refractivity contribution in [2.45, 2.75) is 24.5 Å². The number of ether oxygens (including phenoxy) is 1. The van der Waals surface area contributed by atoms with Crippen LogP contribution in [0.25, 0.3) is 11.2 Å². The quantitative estimate of drug-likeness (QED) is 0.383. The lowest BCUT2D eigenvalue weighted by molar-refractivity contribution is -0.313. The van der Waals surface area contributed by atoms with Gasteiger partial charge >= 0.3 is 0 Å². The third-order valence-corrected chi connectivity index (χ3v) is 7.09. The van der Waals surface area contributed by atoms with Crippen LogP contribution in [0.3, 0.4) is 0 Å². The van der Waals surface area contributed by atoms with Gasteiger partial charge in [-0.05, 0) is 0 Å². The average molecular weight is 422 g/mol. The third-order valence-electron chi connectivity index (χ3n) is 3.78. The number of nitrogens with two attached hydrogens (primary N) is 1. The van der Waals surface area contributed by atoms with Gasteiger partial charge in [0.25, 0.3) is 0 Å². The van der Waals surface area contributed by atoms with Gasteiger partial charge in [0, 0.05) is 5.90 Å².